The zero-order chi connectivity index (χ0) is 15.6. The third-order valence-electron chi connectivity index (χ3n) is 3.25. The Morgan fingerprint density at radius 2 is 2.05 bits per heavy atom. The molecule has 5 nitrogen and oxygen atoms in total. The van der Waals surface area contributed by atoms with Crippen LogP contribution in [0.4, 0.5) is 5.82 Å². The molecule has 0 fully saturated rings. The molecule has 5 heteroatoms. The van der Waals surface area contributed by atoms with E-state index >= 15 is 0 Å². The van der Waals surface area contributed by atoms with Crippen LogP contribution in [0.3, 0.4) is 0 Å². The van der Waals surface area contributed by atoms with Gasteiger partial charge in [-0.25, -0.2) is 4.98 Å². The number of benzene rings is 1. The molecule has 0 aliphatic rings. The summed E-state index contributed by atoms with van der Waals surface area (Å²) in [5.41, 5.74) is 6.32. The topological polar surface area (TPSA) is 86.2 Å². The Morgan fingerprint density at radius 1 is 1.38 bits per heavy atom. The maximum atomic E-state index is 10.1. The highest BCUT2D eigenvalue weighted by Gasteiger charge is 2.21. The second-order valence-electron chi connectivity index (χ2n) is 5.79. The Labute approximate surface area is 124 Å². The highest BCUT2D eigenvalue weighted by atomic mass is 16.3. The second kappa shape index (κ2) is 5.69. The third-order valence-corrected chi connectivity index (χ3v) is 3.25. The van der Waals surface area contributed by atoms with Crippen molar-refractivity contribution in [3.8, 4) is 0 Å². The summed E-state index contributed by atoms with van der Waals surface area (Å²) in [5.74, 6) is 0.628. The Morgan fingerprint density at radius 3 is 2.62 bits per heavy atom. The first-order valence-electron chi connectivity index (χ1n) is 7.03. The van der Waals surface area contributed by atoms with Gasteiger partial charge in [0.2, 0.25) is 0 Å². The average Bonchev–Trinajstić information content (AvgIpc) is 2.42. The van der Waals surface area contributed by atoms with Gasteiger partial charge in [0.1, 0.15) is 11.7 Å². The molecule has 0 saturated heterocycles. The van der Waals surface area contributed by atoms with Crippen molar-refractivity contribution in [2.75, 3.05) is 18.0 Å². The monoisotopic (exact) mass is 286 g/mol. The third kappa shape index (κ3) is 3.49. The van der Waals surface area contributed by atoms with Crippen LogP contribution in [0.15, 0.2) is 30.3 Å². The molecule has 1 aromatic heterocycles. The molecule has 0 spiro atoms. The predicted octanol–water partition coefficient (Wildman–Crippen LogP) is 2.12. The molecule has 0 amide bonds. The number of nitrogens with one attached hydrogen (secondary N) is 1. The molecule has 0 aliphatic heterocycles. The largest absolute Gasteiger partial charge is 0.389 e. The van der Waals surface area contributed by atoms with Gasteiger partial charge in [0.05, 0.1) is 16.7 Å². The van der Waals surface area contributed by atoms with Crippen molar-refractivity contribution in [2.24, 2.45) is 5.73 Å². The summed E-state index contributed by atoms with van der Waals surface area (Å²) in [6, 6.07) is 9.62. The zero-order valence-corrected chi connectivity index (χ0v) is 12.7. The van der Waals surface area contributed by atoms with Gasteiger partial charge in [-0.05, 0) is 32.9 Å². The summed E-state index contributed by atoms with van der Waals surface area (Å²) in [4.78, 5) is 6.59. The maximum absolute atomic E-state index is 10.1. The number of likely N-dealkylation sites (N-methyl/N-ethyl adjacent to an activating group) is 1. The number of hydrogen-bond donors (Lipinski definition) is 3. The van der Waals surface area contributed by atoms with E-state index in [-0.39, 0.29) is 5.84 Å². The number of nitrogen functional groups attached to an aromatic ring is 1. The van der Waals surface area contributed by atoms with E-state index in [4.69, 9.17) is 11.1 Å². The maximum Gasteiger partial charge on any atom is 0.140 e. The Balaban J connectivity index is 2.58. The lowest BCUT2D eigenvalue weighted by Crippen LogP contribution is -2.40. The Kier molecular flexibility index (Phi) is 4.14. The van der Waals surface area contributed by atoms with E-state index in [0.717, 1.165) is 10.9 Å². The molecule has 112 valence electrons. The molecule has 1 aromatic carbocycles. The molecule has 2 rings (SSSR count). The second-order valence-corrected chi connectivity index (χ2v) is 5.79. The van der Waals surface area contributed by atoms with Crippen LogP contribution >= 0.6 is 0 Å². The number of aliphatic hydroxyl groups is 1. The summed E-state index contributed by atoms with van der Waals surface area (Å²) in [5, 5.41) is 18.8. The molecule has 0 atom stereocenters. The van der Waals surface area contributed by atoms with E-state index in [2.05, 4.69) is 4.98 Å². The van der Waals surface area contributed by atoms with E-state index < -0.39 is 5.60 Å². The van der Waals surface area contributed by atoms with Crippen LogP contribution in [0.5, 0.6) is 0 Å². The Hall–Kier alpha value is -2.14. The van der Waals surface area contributed by atoms with Crippen LogP contribution < -0.4 is 10.6 Å². The van der Waals surface area contributed by atoms with Crippen molar-refractivity contribution in [1.29, 1.82) is 5.41 Å². The predicted molar refractivity (Wildman–Crippen MR) is 86.9 cm³/mol. The van der Waals surface area contributed by atoms with E-state index in [1.165, 1.54) is 0 Å². The van der Waals surface area contributed by atoms with Crippen molar-refractivity contribution < 1.29 is 5.11 Å². The quantitative estimate of drug-likeness (QED) is 0.580. The van der Waals surface area contributed by atoms with Crippen LogP contribution in [-0.2, 0) is 0 Å². The number of nitrogens with zero attached hydrogens (tertiary/aromatic N) is 2. The summed E-state index contributed by atoms with van der Waals surface area (Å²) in [6.07, 6.45) is 0. The van der Waals surface area contributed by atoms with Gasteiger partial charge in [-0.2, -0.15) is 0 Å². The number of aromatic nitrogens is 1. The molecule has 2 aromatic rings. The van der Waals surface area contributed by atoms with Crippen LogP contribution in [0.2, 0.25) is 0 Å². The van der Waals surface area contributed by atoms with E-state index in [1.54, 1.807) is 13.8 Å². The molecule has 4 N–H and O–H groups in total. The summed E-state index contributed by atoms with van der Waals surface area (Å²) >= 11 is 0. The summed E-state index contributed by atoms with van der Waals surface area (Å²) < 4.78 is 0. The molecular formula is C16H22N4O. The molecule has 0 bridgehead atoms. The van der Waals surface area contributed by atoms with Crippen molar-refractivity contribution in [3.63, 3.8) is 0 Å². The average molecular weight is 286 g/mol. The molecule has 0 saturated carbocycles. The lowest BCUT2D eigenvalue weighted by molar-refractivity contribution is 0.0874. The van der Waals surface area contributed by atoms with Gasteiger partial charge in [-0.3, -0.25) is 5.41 Å². The zero-order valence-electron chi connectivity index (χ0n) is 12.7. The standard InChI is InChI=1S/C16H22N4O/c1-4-20(10-16(2,3)21)15-12(14(17)18)9-11-7-5-6-8-13(11)19-15/h5-9,21H,4,10H2,1-3H3,(H3,17,18). The molecule has 0 radical (unpaired) electrons. The Bertz CT molecular complexity index is 661. The molecule has 21 heavy (non-hydrogen) atoms. The SMILES string of the molecule is CCN(CC(C)(C)O)c1nc2ccccc2cc1C(=N)N. The number of nitrogens with two attached hydrogens (primary N) is 1. The number of hydrogen-bond acceptors (Lipinski definition) is 4. The number of pyridine rings is 1. The smallest absolute Gasteiger partial charge is 0.140 e. The highest BCUT2D eigenvalue weighted by Crippen LogP contribution is 2.24. The first-order valence-corrected chi connectivity index (χ1v) is 7.03. The van der Waals surface area contributed by atoms with Crippen molar-refractivity contribution in [3.05, 3.63) is 35.9 Å². The van der Waals surface area contributed by atoms with Crippen molar-refractivity contribution in [2.45, 2.75) is 26.4 Å². The summed E-state index contributed by atoms with van der Waals surface area (Å²) in [6.45, 7) is 6.60. The lowest BCUT2D eigenvalue weighted by Gasteiger charge is -2.30. The summed E-state index contributed by atoms with van der Waals surface area (Å²) in [7, 11) is 0. The van der Waals surface area contributed by atoms with Gasteiger partial charge in [-0.15, -0.1) is 0 Å². The minimum atomic E-state index is -0.850. The van der Waals surface area contributed by atoms with Gasteiger partial charge >= 0.3 is 0 Å². The highest BCUT2D eigenvalue weighted by molar-refractivity contribution is 6.03. The van der Waals surface area contributed by atoms with Crippen LogP contribution in [-0.4, -0.2) is 34.6 Å². The number of rotatable bonds is 5. The fourth-order valence-electron chi connectivity index (χ4n) is 2.35. The van der Waals surface area contributed by atoms with Crippen molar-refractivity contribution >= 4 is 22.6 Å². The van der Waals surface area contributed by atoms with Crippen LogP contribution in [0, 0.1) is 5.41 Å². The van der Waals surface area contributed by atoms with E-state index in [0.29, 0.717) is 24.5 Å². The van der Waals surface area contributed by atoms with Gasteiger partial charge in [-0.1, -0.05) is 18.2 Å². The van der Waals surface area contributed by atoms with Crippen molar-refractivity contribution in [1.82, 2.24) is 4.98 Å². The molecule has 0 aliphatic carbocycles. The lowest BCUT2D eigenvalue weighted by atomic mass is 10.1. The number of fused-ring (bicyclic) bond motifs is 1. The minimum absolute atomic E-state index is 0.0163. The van der Waals surface area contributed by atoms with Crippen LogP contribution in [0.25, 0.3) is 10.9 Å². The fraction of sp³-hybridized carbons (Fsp3) is 0.375. The molecule has 1 heterocycles. The first kappa shape index (κ1) is 15.3. The van der Waals surface area contributed by atoms with Gasteiger partial charge in [0, 0.05) is 18.5 Å². The normalized spacial score (nSPS) is 11.6. The number of amidine groups is 1. The van der Waals surface area contributed by atoms with Crippen LogP contribution in [0.1, 0.15) is 26.3 Å². The molecule has 0 unspecified atom stereocenters. The fourth-order valence-corrected chi connectivity index (χ4v) is 2.35. The number of anilines is 1. The number of para-hydroxylation sites is 1. The minimum Gasteiger partial charge on any atom is -0.389 e. The van der Waals surface area contributed by atoms with Gasteiger partial charge in [0.25, 0.3) is 0 Å². The van der Waals surface area contributed by atoms with Gasteiger partial charge in [0.15, 0.2) is 0 Å². The van der Waals surface area contributed by atoms with E-state index in [1.807, 2.05) is 42.2 Å². The molecular weight excluding hydrogens is 264 g/mol. The van der Waals surface area contributed by atoms with E-state index in [9.17, 15) is 5.11 Å². The van der Waals surface area contributed by atoms with Gasteiger partial charge < -0.3 is 15.7 Å². The first-order chi connectivity index (χ1) is 9.81.